The summed E-state index contributed by atoms with van der Waals surface area (Å²) in [5.74, 6) is -0.534. The number of carbonyl (C=O) groups excluding carboxylic acids is 2. The number of hydrogen-bond acceptors (Lipinski definition) is 6. The molecule has 3 rings (SSSR count). The number of hydrogen-bond donors (Lipinski definition) is 3. The van der Waals surface area contributed by atoms with Crippen LogP contribution in [-0.2, 0) is 11.3 Å². The predicted molar refractivity (Wildman–Crippen MR) is 129 cm³/mol. The molecule has 1 heterocycles. The molecule has 0 saturated heterocycles. The van der Waals surface area contributed by atoms with Crippen LogP contribution in [0.15, 0.2) is 54.0 Å². The lowest BCUT2D eigenvalue weighted by Crippen LogP contribution is -2.32. The monoisotopic (exact) mass is 459 g/mol. The van der Waals surface area contributed by atoms with Crippen molar-refractivity contribution in [2.45, 2.75) is 19.5 Å². The van der Waals surface area contributed by atoms with Crippen LogP contribution in [0.4, 0.5) is 11.4 Å². The van der Waals surface area contributed by atoms with Crippen LogP contribution in [-0.4, -0.2) is 36.9 Å². The van der Waals surface area contributed by atoms with Gasteiger partial charge in [-0.25, -0.2) is 4.98 Å². The third-order valence-electron chi connectivity index (χ3n) is 4.46. The minimum absolute atomic E-state index is 0. The number of nitrogens with zero attached hydrogens (tertiary/aromatic N) is 2. The van der Waals surface area contributed by atoms with Gasteiger partial charge in [-0.1, -0.05) is 18.2 Å². The van der Waals surface area contributed by atoms with E-state index in [2.05, 4.69) is 15.6 Å². The SMILES string of the molecule is CC(N)C(=O)Nc1ccc(N(C)C)c(C(=O)NCc2cccc(-c3nccs3)c2)c1.Cl. The van der Waals surface area contributed by atoms with Crippen molar-refractivity contribution in [1.82, 2.24) is 10.3 Å². The van der Waals surface area contributed by atoms with Gasteiger partial charge < -0.3 is 21.3 Å². The second-order valence-corrected chi connectivity index (χ2v) is 8.02. The van der Waals surface area contributed by atoms with Crippen molar-refractivity contribution in [2.24, 2.45) is 5.73 Å². The number of aromatic nitrogens is 1. The Labute approximate surface area is 192 Å². The lowest BCUT2D eigenvalue weighted by atomic mass is 10.1. The van der Waals surface area contributed by atoms with Gasteiger partial charge in [-0.2, -0.15) is 0 Å². The van der Waals surface area contributed by atoms with Crippen LogP contribution in [0.1, 0.15) is 22.8 Å². The topological polar surface area (TPSA) is 100 Å². The van der Waals surface area contributed by atoms with Crippen LogP contribution in [0.5, 0.6) is 0 Å². The molecule has 0 radical (unpaired) electrons. The second-order valence-electron chi connectivity index (χ2n) is 7.12. The second kappa shape index (κ2) is 10.9. The molecule has 2 aromatic carbocycles. The first-order valence-corrected chi connectivity index (χ1v) is 10.4. The van der Waals surface area contributed by atoms with Gasteiger partial charge in [0.2, 0.25) is 5.91 Å². The lowest BCUT2D eigenvalue weighted by Gasteiger charge is -2.19. The maximum Gasteiger partial charge on any atom is 0.253 e. The van der Waals surface area contributed by atoms with E-state index in [0.717, 1.165) is 21.8 Å². The van der Waals surface area contributed by atoms with E-state index in [-0.39, 0.29) is 24.2 Å². The Hall–Kier alpha value is -2.94. The molecule has 1 atom stereocenters. The predicted octanol–water partition coefficient (Wildman–Crippen LogP) is 3.51. The molecule has 1 aromatic heterocycles. The van der Waals surface area contributed by atoms with Crippen molar-refractivity contribution in [3.63, 3.8) is 0 Å². The highest BCUT2D eigenvalue weighted by Gasteiger charge is 2.16. The van der Waals surface area contributed by atoms with Crippen molar-refractivity contribution in [2.75, 3.05) is 24.3 Å². The van der Waals surface area contributed by atoms with E-state index in [1.54, 1.807) is 42.7 Å². The fraction of sp³-hybridized carbons (Fsp3) is 0.227. The lowest BCUT2D eigenvalue weighted by molar-refractivity contribution is -0.117. The summed E-state index contributed by atoms with van der Waals surface area (Å²) in [6.07, 6.45) is 1.77. The van der Waals surface area contributed by atoms with Gasteiger partial charge in [0, 0.05) is 49.2 Å². The average Bonchev–Trinajstić information content (AvgIpc) is 3.27. The number of rotatable bonds is 7. The molecule has 0 aliphatic carbocycles. The quantitative estimate of drug-likeness (QED) is 0.502. The first kappa shape index (κ1) is 24.3. The van der Waals surface area contributed by atoms with Crippen LogP contribution in [0, 0.1) is 0 Å². The van der Waals surface area contributed by atoms with E-state index in [1.165, 1.54) is 0 Å². The molecule has 0 saturated carbocycles. The number of halogens is 1. The molecule has 4 N–H and O–H groups in total. The Balaban J connectivity index is 0.00000341. The Morgan fingerprint density at radius 2 is 1.97 bits per heavy atom. The summed E-state index contributed by atoms with van der Waals surface area (Å²) in [6, 6.07) is 12.5. The minimum Gasteiger partial charge on any atom is -0.377 e. The standard InChI is InChI=1S/C22H25N5O2S.ClH/c1-14(23)20(28)26-17-7-8-19(27(2)3)18(12-17)21(29)25-13-15-5-4-6-16(11-15)22-24-9-10-30-22;/h4-12,14H,13,23H2,1-3H3,(H,25,29)(H,26,28);1H. The van der Waals surface area contributed by atoms with Gasteiger partial charge >= 0.3 is 0 Å². The Bertz CT molecular complexity index is 1040. The number of nitrogens with one attached hydrogen (secondary N) is 2. The average molecular weight is 460 g/mol. The van der Waals surface area contributed by atoms with Gasteiger partial charge in [0.15, 0.2) is 0 Å². The number of amides is 2. The minimum atomic E-state index is -0.638. The first-order valence-electron chi connectivity index (χ1n) is 9.50. The van der Waals surface area contributed by atoms with Crippen LogP contribution in [0.25, 0.3) is 10.6 Å². The van der Waals surface area contributed by atoms with Crippen LogP contribution in [0.2, 0.25) is 0 Å². The molecule has 31 heavy (non-hydrogen) atoms. The third kappa shape index (κ3) is 6.27. The summed E-state index contributed by atoms with van der Waals surface area (Å²) in [4.78, 5) is 31.0. The zero-order valence-electron chi connectivity index (χ0n) is 17.6. The summed E-state index contributed by atoms with van der Waals surface area (Å²) < 4.78 is 0. The number of anilines is 2. The van der Waals surface area contributed by atoms with Gasteiger partial charge in [0.05, 0.1) is 11.6 Å². The number of nitrogens with two attached hydrogens (primary N) is 1. The van der Waals surface area contributed by atoms with Gasteiger partial charge in [-0.05, 0) is 36.8 Å². The Morgan fingerprint density at radius 3 is 2.61 bits per heavy atom. The van der Waals surface area contributed by atoms with E-state index in [1.807, 2.05) is 48.6 Å². The Kier molecular flexibility index (Phi) is 8.56. The summed E-state index contributed by atoms with van der Waals surface area (Å²) in [5, 5.41) is 8.57. The fourth-order valence-electron chi connectivity index (χ4n) is 2.90. The number of thiazole rings is 1. The molecule has 7 nitrogen and oxygen atoms in total. The first-order chi connectivity index (χ1) is 14.3. The molecule has 0 aliphatic heterocycles. The van der Waals surface area contributed by atoms with Crippen molar-refractivity contribution < 1.29 is 9.59 Å². The molecular weight excluding hydrogens is 434 g/mol. The van der Waals surface area contributed by atoms with Crippen molar-refractivity contribution in [1.29, 1.82) is 0 Å². The molecule has 1 unspecified atom stereocenters. The maximum absolute atomic E-state index is 12.9. The van der Waals surface area contributed by atoms with E-state index < -0.39 is 6.04 Å². The van der Waals surface area contributed by atoms with Crippen molar-refractivity contribution >= 4 is 46.9 Å². The highest BCUT2D eigenvalue weighted by Crippen LogP contribution is 2.24. The normalized spacial score (nSPS) is 11.2. The molecule has 0 aliphatic rings. The number of benzene rings is 2. The van der Waals surface area contributed by atoms with Gasteiger partial charge in [-0.3, -0.25) is 9.59 Å². The van der Waals surface area contributed by atoms with Crippen LogP contribution in [0.3, 0.4) is 0 Å². The van der Waals surface area contributed by atoms with Gasteiger partial charge in [0.1, 0.15) is 5.01 Å². The summed E-state index contributed by atoms with van der Waals surface area (Å²) in [5.41, 5.74) is 9.36. The van der Waals surface area contributed by atoms with Gasteiger partial charge in [0.25, 0.3) is 5.91 Å². The molecule has 3 aromatic rings. The van der Waals surface area contributed by atoms with E-state index in [4.69, 9.17) is 5.73 Å². The summed E-state index contributed by atoms with van der Waals surface area (Å²) in [7, 11) is 3.73. The highest BCUT2D eigenvalue weighted by atomic mass is 35.5. The number of carbonyl (C=O) groups is 2. The Morgan fingerprint density at radius 1 is 1.19 bits per heavy atom. The van der Waals surface area contributed by atoms with E-state index in [0.29, 0.717) is 17.8 Å². The zero-order valence-corrected chi connectivity index (χ0v) is 19.2. The van der Waals surface area contributed by atoms with Gasteiger partial charge in [-0.15, -0.1) is 23.7 Å². The molecular formula is C22H26ClN5O2S. The summed E-state index contributed by atoms with van der Waals surface area (Å²) >= 11 is 1.57. The van der Waals surface area contributed by atoms with Crippen LogP contribution < -0.4 is 21.3 Å². The molecule has 0 fully saturated rings. The largest absolute Gasteiger partial charge is 0.377 e. The zero-order chi connectivity index (χ0) is 21.7. The molecule has 0 bridgehead atoms. The van der Waals surface area contributed by atoms with Crippen molar-refractivity contribution in [3.05, 3.63) is 65.2 Å². The summed E-state index contributed by atoms with van der Waals surface area (Å²) in [6.45, 7) is 1.98. The highest BCUT2D eigenvalue weighted by molar-refractivity contribution is 7.13. The van der Waals surface area contributed by atoms with Crippen molar-refractivity contribution in [3.8, 4) is 10.6 Å². The third-order valence-corrected chi connectivity index (χ3v) is 5.29. The molecule has 164 valence electrons. The smallest absolute Gasteiger partial charge is 0.253 e. The molecule has 9 heteroatoms. The molecule has 2 amide bonds. The van der Waals surface area contributed by atoms with Crippen LogP contribution >= 0.6 is 23.7 Å². The van der Waals surface area contributed by atoms with E-state index in [9.17, 15) is 9.59 Å². The fourth-order valence-corrected chi connectivity index (χ4v) is 3.54. The maximum atomic E-state index is 12.9. The van der Waals surface area contributed by atoms with E-state index >= 15 is 0 Å². The molecule has 0 spiro atoms.